The zero-order chi connectivity index (χ0) is 14.8. The molecule has 0 bridgehead atoms. The molecule has 6 nitrogen and oxygen atoms in total. The number of hydrogen-bond donors (Lipinski definition) is 1. The van der Waals surface area contributed by atoms with Crippen molar-refractivity contribution in [1.29, 1.82) is 0 Å². The van der Waals surface area contributed by atoms with E-state index >= 15 is 0 Å². The average Bonchev–Trinajstić information content (AvgIpc) is 2.47. The molecule has 1 atom stereocenters. The van der Waals surface area contributed by atoms with E-state index in [1.807, 2.05) is 6.92 Å². The summed E-state index contributed by atoms with van der Waals surface area (Å²) >= 11 is 4.87. The third kappa shape index (κ3) is 2.98. The minimum absolute atomic E-state index is 0.0236. The Morgan fingerprint density at radius 2 is 2.40 bits per heavy atom. The third-order valence-electron chi connectivity index (χ3n) is 3.18. The first kappa shape index (κ1) is 15.3. The first-order valence-electron chi connectivity index (χ1n) is 6.33. The van der Waals surface area contributed by atoms with E-state index in [0.717, 1.165) is 6.42 Å². The Morgan fingerprint density at radius 1 is 1.65 bits per heavy atom. The van der Waals surface area contributed by atoms with Crippen molar-refractivity contribution < 1.29 is 13.2 Å². The molecule has 0 saturated carbocycles. The quantitative estimate of drug-likeness (QED) is 0.815. The fourth-order valence-corrected chi connectivity index (χ4v) is 3.92. The van der Waals surface area contributed by atoms with Crippen molar-refractivity contribution in [2.75, 3.05) is 19.7 Å². The number of hydrogen-bond acceptors (Lipinski definition) is 5. The van der Waals surface area contributed by atoms with Crippen LogP contribution in [0, 0.1) is 0 Å². The number of thiocarbonyl (C=S) groups is 1. The minimum atomic E-state index is -3.66. The van der Waals surface area contributed by atoms with E-state index in [9.17, 15) is 8.42 Å². The predicted octanol–water partition coefficient (Wildman–Crippen LogP) is 0.515. The maximum atomic E-state index is 12.7. The van der Waals surface area contributed by atoms with Crippen LogP contribution >= 0.6 is 12.2 Å². The molecule has 1 aliphatic rings. The highest BCUT2D eigenvalue weighted by molar-refractivity contribution is 7.89. The molecule has 0 radical (unpaired) electrons. The molecule has 1 unspecified atom stereocenters. The van der Waals surface area contributed by atoms with Gasteiger partial charge in [0.1, 0.15) is 15.6 Å². The number of morpholine rings is 1. The lowest BCUT2D eigenvalue weighted by atomic mass is 10.2. The van der Waals surface area contributed by atoms with Gasteiger partial charge in [-0.15, -0.1) is 0 Å². The maximum Gasteiger partial charge on any atom is 0.245 e. The molecule has 110 valence electrons. The molecule has 0 aliphatic carbocycles. The number of nitrogens with two attached hydrogens (primary N) is 1. The van der Waals surface area contributed by atoms with E-state index in [4.69, 9.17) is 22.7 Å². The van der Waals surface area contributed by atoms with E-state index in [1.54, 1.807) is 6.07 Å². The van der Waals surface area contributed by atoms with E-state index in [1.165, 1.54) is 16.6 Å². The van der Waals surface area contributed by atoms with Crippen molar-refractivity contribution in [3.8, 4) is 0 Å². The van der Waals surface area contributed by atoms with Gasteiger partial charge < -0.3 is 10.5 Å². The zero-order valence-corrected chi connectivity index (χ0v) is 12.8. The van der Waals surface area contributed by atoms with Gasteiger partial charge >= 0.3 is 0 Å². The number of sulfonamides is 1. The summed E-state index contributed by atoms with van der Waals surface area (Å²) < 4.78 is 32.3. The van der Waals surface area contributed by atoms with Crippen LogP contribution in [-0.4, -0.2) is 48.5 Å². The fraction of sp³-hybridized carbons (Fsp3) is 0.500. The molecule has 1 fully saturated rings. The Kier molecular flexibility index (Phi) is 4.69. The van der Waals surface area contributed by atoms with Gasteiger partial charge in [0.15, 0.2) is 0 Å². The highest BCUT2D eigenvalue weighted by atomic mass is 32.2. The molecule has 20 heavy (non-hydrogen) atoms. The Hall–Kier alpha value is -1.09. The van der Waals surface area contributed by atoms with Crippen LogP contribution in [-0.2, 0) is 14.8 Å². The van der Waals surface area contributed by atoms with Crippen molar-refractivity contribution in [2.45, 2.75) is 24.3 Å². The summed E-state index contributed by atoms with van der Waals surface area (Å²) in [6.45, 7) is 3.01. The normalized spacial score (nSPS) is 20.8. The summed E-state index contributed by atoms with van der Waals surface area (Å²) in [7, 11) is -3.66. The van der Waals surface area contributed by atoms with E-state index in [2.05, 4.69) is 4.98 Å². The van der Waals surface area contributed by atoms with Crippen LogP contribution in [0.15, 0.2) is 23.2 Å². The molecular formula is C12H17N3O3S2. The molecular weight excluding hydrogens is 298 g/mol. The second-order valence-corrected chi connectivity index (χ2v) is 6.82. The van der Waals surface area contributed by atoms with Gasteiger partial charge in [-0.3, -0.25) is 4.98 Å². The van der Waals surface area contributed by atoms with Crippen molar-refractivity contribution in [3.05, 3.63) is 24.0 Å². The van der Waals surface area contributed by atoms with E-state index in [-0.39, 0.29) is 21.7 Å². The Bertz CT molecular complexity index is 604. The van der Waals surface area contributed by atoms with E-state index in [0.29, 0.717) is 19.7 Å². The maximum absolute atomic E-state index is 12.7. The van der Waals surface area contributed by atoms with Crippen molar-refractivity contribution in [2.24, 2.45) is 5.73 Å². The molecule has 0 amide bonds. The van der Waals surface area contributed by atoms with Crippen LogP contribution in [0.5, 0.6) is 0 Å². The van der Waals surface area contributed by atoms with Gasteiger partial charge in [0.25, 0.3) is 0 Å². The first-order chi connectivity index (χ1) is 9.46. The van der Waals surface area contributed by atoms with Crippen LogP contribution in [0.25, 0.3) is 0 Å². The van der Waals surface area contributed by atoms with Crippen LogP contribution in [0.3, 0.4) is 0 Å². The van der Waals surface area contributed by atoms with Gasteiger partial charge in [-0.2, -0.15) is 4.31 Å². The smallest absolute Gasteiger partial charge is 0.245 e. The second-order valence-electron chi connectivity index (χ2n) is 4.48. The van der Waals surface area contributed by atoms with Crippen molar-refractivity contribution >= 4 is 27.2 Å². The highest BCUT2D eigenvalue weighted by Crippen LogP contribution is 2.21. The largest absolute Gasteiger partial charge is 0.388 e. The number of rotatable bonds is 4. The molecule has 2 heterocycles. The summed E-state index contributed by atoms with van der Waals surface area (Å²) in [4.78, 5) is 4.01. The van der Waals surface area contributed by atoms with Gasteiger partial charge in [-0.25, -0.2) is 8.42 Å². The molecule has 2 rings (SSSR count). The lowest BCUT2D eigenvalue weighted by Gasteiger charge is -2.31. The first-order valence-corrected chi connectivity index (χ1v) is 8.18. The summed E-state index contributed by atoms with van der Waals surface area (Å²) in [6.07, 6.45) is 2.16. The summed E-state index contributed by atoms with van der Waals surface area (Å²) in [5.74, 6) is 0. The SMILES string of the molecule is CCC1CN(S(=O)(=O)c2cccnc2C(N)=S)CCO1. The standard InChI is InChI=1S/C12H17N3O3S2/c1-2-9-8-15(6-7-18-9)20(16,17)10-4-3-5-14-11(10)12(13)19/h3-5,9H,2,6-8H2,1H3,(H2,13,19). The molecule has 8 heteroatoms. The number of ether oxygens (including phenoxy) is 1. The summed E-state index contributed by atoms with van der Waals surface area (Å²) in [6, 6.07) is 3.04. The van der Waals surface area contributed by atoms with Crippen molar-refractivity contribution in [1.82, 2.24) is 9.29 Å². The van der Waals surface area contributed by atoms with E-state index < -0.39 is 10.0 Å². The van der Waals surface area contributed by atoms with Crippen LogP contribution < -0.4 is 5.73 Å². The monoisotopic (exact) mass is 315 g/mol. The molecule has 1 aromatic rings. The molecule has 1 aromatic heterocycles. The molecule has 2 N–H and O–H groups in total. The zero-order valence-electron chi connectivity index (χ0n) is 11.2. The lowest BCUT2D eigenvalue weighted by molar-refractivity contribution is -0.00278. The minimum Gasteiger partial charge on any atom is -0.388 e. The topological polar surface area (TPSA) is 85.5 Å². The van der Waals surface area contributed by atoms with Gasteiger partial charge in [0.2, 0.25) is 10.0 Å². The van der Waals surface area contributed by atoms with Gasteiger partial charge in [-0.1, -0.05) is 19.1 Å². The van der Waals surface area contributed by atoms with Crippen LogP contribution in [0.4, 0.5) is 0 Å². The van der Waals surface area contributed by atoms with Crippen LogP contribution in [0.2, 0.25) is 0 Å². The highest BCUT2D eigenvalue weighted by Gasteiger charge is 2.32. The molecule has 0 aromatic carbocycles. The predicted molar refractivity (Wildman–Crippen MR) is 78.9 cm³/mol. The fourth-order valence-electron chi connectivity index (χ4n) is 2.08. The summed E-state index contributed by atoms with van der Waals surface area (Å²) in [5.41, 5.74) is 5.70. The Balaban J connectivity index is 2.38. The molecule has 1 saturated heterocycles. The lowest BCUT2D eigenvalue weighted by Crippen LogP contribution is -2.45. The number of pyridine rings is 1. The van der Waals surface area contributed by atoms with Crippen LogP contribution in [0.1, 0.15) is 19.0 Å². The Morgan fingerprint density at radius 3 is 3.05 bits per heavy atom. The van der Waals surface area contributed by atoms with Gasteiger partial charge in [0, 0.05) is 19.3 Å². The van der Waals surface area contributed by atoms with Crippen molar-refractivity contribution in [3.63, 3.8) is 0 Å². The Labute approximate surface area is 124 Å². The number of nitrogens with zero attached hydrogens (tertiary/aromatic N) is 2. The van der Waals surface area contributed by atoms with Gasteiger partial charge in [0.05, 0.1) is 12.7 Å². The second kappa shape index (κ2) is 6.13. The third-order valence-corrected chi connectivity index (χ3v) is 5.27. The summed E-state index contributed by atoms with van der Waals surface area (Å²) in [5, 5.41) is 0. The van der Waals surface area contributed by atoms with Gasteiger partial charge in [-0.05, 0) is 18.6 Å². The molecule has 0 spiro atoms. The molecule has 1 aliphatic heterocycles. The number of aromatic nitrogens is 1. The average molecular weight is 315 g/mol.